The standard InChI is InChI=1S/C8H13NO3.C7H11NO3.CH4/c1-5(2)12-9-7(10)4-6(3)8(9)11;1-5(2)11-8-6(9)3-4-7(8)10;/h5-6H,4H2,1-3H3;5H,3-4H2,1-2H3;1H4. The molecular weight excluding hydrogens is 316 g/mol. The quantitative estimate of drug-likeness (QED) is 0.722. The van der Waals surface area contributed by atoms with E-state index < -0.39 is 0 Å². The Balaban J connectivity index is 0.000000425. The molecule has 0 aromatic heterocycles. The molecule has 2 rings (SSSR count). The molecule has 8 heteroatoms. The van der Waals surface area contributed by atoms with Crippen LogP contribution in [-0.4, -0.2) is 46.0 Å². The fraction of sp³-hybridized carbons (Fsp3) is 0.750. The Labute approximate surface area is 143 Å². The molecular formula is C16H28N2O6. The first-order chi connectivity index (χ1) is 10.6. The highest BCUT2D eigenvalue weighted by molar-refractivity contribution is 6.02. The van der Waals surface area contributed by atoms with Gasteiger partial charge in [-0.05, 0) is 27.7 Å². The van der Waals surface area contributed by atoms with Gasteiger partial charge in [0.05, 0.1) is 12.2 Å². The normalized spacial score (nSPS) is 20.7. The van der Waals surface area contributed by atoms with E-state index in [0.717, 1.165) is 10.1 Å². The van der Waals surface area contributed by atoms with E-state index in [4.69, 9.17) is 9.68 Å². The lowest BCUT2D eigenvalue weighted by Gasteiger charge is -2.16. The SMILES string of the molecule is C.CC(C)ON1C(=O)CC(C)C1=O.CC(C)ON1C(=O)CCC1=O. The van der Waals surface area contributed by atoms with Crippen molar-refractivity contribution in [1.82, 2.24) is 10.1 Å². The van der Waals surface area contributed by atoms with E-state index in [1.165, 1.54) is 0 Å². The molecule has 0 N–H and O–H groups in total. The smallest absolute Gasteiger partial charge is 0.256 e. The minimum absolute atomic E-state index is 0. The van der Waals surface area contributed by atoms with E-state index in [1.54, 1.807) is 34.6 Å². The van der Waals surface area contributed by atoms with Crippen LogP contribution in [0.4, 0.5) is 0 Å². The molecule has 0 radical (unpaired) electrons. The van der Waals surface area contributed by atoms with Gasteiger partial charge in [0.15, 0.2) is 0 Å². The second kappa shape index (κ2) is 9.48. The highest BCUT2D eigenvalue weighted by atomic mass is 16.7. The van der Waals surface area contributed by atoms with Gasteiger partial charge in [-0.3, -0.25) is 28.9 Å². The van der Waals surface area contributed by atoms with Gasteiger partial charge in [0.25, 0.3) is 23.6 Å². The lowest BCUT2D eigenvalue weighted by molar-refractivity contribution is -0.199. The van der Waals surface area contributed by atoms with Crippen molar-refractivity contribution in [2.24, 2.45) is 5.92 Å². The van der Waals surface area contributed by atoms with Crippen molar-refractivity contribution >= 4 is 23.6 Å². The van der Waals surface area contributed by atoms with Gasteiger partial charge in [0, 0.05) is 25.2 Å². The van der Waals surface area contributed by atoms with Gasteiger partial charge in [-0.25, -0.2) is 0 Å². The Bertz CT molecular complexity index is 473. The molecule has 4 amide bonds. The summed E-state index contributed by atoms with van der Waals surface area (Å²) in [7, 11) is 0. The molecule has 0 saturated carbocycles. The van der Waals surface area contributed by atoms with Crippen molar-refractivity contribution in [2.75, 3.05) is 0 Å². The van der Waals surface area contributed by atoms with Crippen LogP contribution in [-0.2, 0) is 28.9 Å². The highest BCUT2D eigenvalue weighted by Crippen LogP contribution is 2.19. The van der Waals surface area contributed by atoms with Gasteiger partial charge in [-0.1, -0.05) is 14.4 Å². The van der Waals surface area contributed by atoms with Crippen LogP contribution in [0.5, 0.6) is 0 Å². The zero-order valence-corrected chi connectivity index (χ0v) is 14.2. The molecule has 2 aliphatic rings. The molecule has 2 saturated heterocycles. The predicted molar refractivity (Wildman–Crippen MR) is 85.9 cm³/mol. The van der Waals surface area contributed by atoms with Crippen molar-refractivity contribution < 1.29 is 28.9 Å². The zero-order valence-electron chi connectivity index (χ0n) is 14.2. The number of amides is 4. The molecule has 24 heavy (non-hydrogen) atoms. The summed E-state index contributed by atoms with van der Waals surface area (Å²) in [5, 5.41) is 1.75. The third-order valence-corrected chi connectivity index (χ3v) is 2.97. The number of carbonyl (C=O) groups excluding carboxylic acids is 4. The number of rotatable bonds is 4. The van der Waals surface area contributed by atoms with Crippen LogP contribution in [0.2, 0.25) is 0 Å². The summed E-state index contributed by atoms with van der Waals surface area (Å²) in [6.07, 6.45) is 0.576. The van der Waals surface area contributed by atoms with Crippen LogP contribution in [0.1, 0.15) is 61.3 Å². The van der Waals surface area contributed by atoms with Gasteiger partial charge in [-0.15, -0.1) is 0 Å². The first-order valence-corrected chi connectivity index (χ1v) is 7.69. The summed E-state index contributed by atoms with van der Waals surface area (Å²) >= 11 is 0. The van der Waals surface area contributed by atoms with E-state index in [9.17, 15) is 19.2 Å². The number of imide groups is 2. The molecule has 8 nitrogen and oxygen atoms in total. The third kappa shape index (κ3) is 6.01. The lowest BCUT2D eigenvalue weighted by atomic mass is 10.1. The molecule has 2 heterocycles. The molecule has 0 aromatic carbocycles. The molecule has 2 fully saturated rings. The van der Waals surface area contributed by atoms with Gasteiger partial charge >= 0.3 is 0 Å². The van der Waals surface area contributed by atoms with Crippen LogP contribution in [0.15, 0.2) is 0 Å². The highest BCUT2D eigenvalue weighted by Gasteiger charge is 2.37. The minimum atomic E-state index is -0.235. The molecule has 138 valence electrons. The monoisotopic (exact) mass is 344 g/mol. The summed E-state index contributed by atoms with van der Waals surface area (Å²) in [5.41, 5.74) is 0. The van der Waals surface area contributed by atoms with E-state index in [0.29, 0.717) is 0 Å². The maximum Gasteiger partial charge on any atom is 0.256 e. The maximum absolute atomic E-state index is 11.2. The minimum Gasteiger partial charge on any atom is -0.272 e. The molecule has 0 spiro atoms. The zero-order chi connectivity index (χ0) is 17.7. The lowest BCUT2D eigenvalue weighted by Crippen LogP contribution is -2.33. The van der Waals surface area contributed by atoms with Crippen LogP contribution < -0.4 is 0 Å². The van der Waals surface area contributed by atoms with Crippen LogP contribution in [0.25, 0.3) is 0 Å². The Hall–Kier alpha value is -1.80. The molecule has 0 aliphatic carbocycles. The molecule has 1 atom stereocenters. The predicted octanol–water partition coefficient (Wildman–Crippen LogP) is 1.83. The van der Waals surface area contributed by atoms with Crippen molar-refractivity contribution in [3.05, 3.63) is 0 Å². The average Bonchev–Trinajstić information content (AvgIpc) is 2.86. The molecule has 2 aliphatic heterocycles. The number of nitrogens with zero attached hydrogens (tertiary/aromatic N) is 2. The van der Waals surface area contributed by atoms with Gasteiger partial charge in [0.1, 0.15) is 0 Å². The Morgan fingerprint density at radius 1 is 0.833 bits per heavy atom. The second-order valence-electron chi connectivity index (χ2n) is 6.02. The van der Waals surface area contributed by atoms with Crippen LogP contribution in [0.3, 0.4) is 0 Å². The number of hydrogen-bond acceptors (Lipinski definition) is 6. The Morgan fingerprint density at radius 2 is 1.25 bits per heavy atom. The fourth-order valence-electron chi connectivity index (χ4n) is 1.96. The molecule has 0 aromatic rings. The summed E-state index contributed by atoms with van der Waals surface area (Å²) in [6, 6.07) is 0. The second-order valence-corrected chi connectivity index (χ2v) is 6.02. The van der Waals surface area contributed by atoms with Gasteiger partial charge in [-0.2, -0.15) is 10.1 Å². The molecule has 0 bridgehead atoms. The summed E-state index contributed by atoms with van der Waals surface area (Å²) in [6.45, 7) is 8.84. The van der Waals surface area contributed by atoms with Crippen LogP contribution >= 0.6 is 0 Å². The van der Waals surface area contributed by atoms with E-state index in [1.807, 2.05) is 0 Å². The Morgan fingerprint density at radius 3 is 1.58 bits per heavy atom. The third-order valence-electron chi connectivity index (χ3n) is 2.97. The van der Waals surface area contributed by atoms with Crippen molar-refractivity contribution in [2.45, 2.75) is 73.5 Å². The first kappa shape index (κ1) is 22.2. The average molecular weight is 344 g/mol. The fourth-order valence-corrected chi connectivity index (χ4v) is 1.96. The van der Waals surface area contributed by atoms with E-state index >= 15 is 0 Å². The van der Waals surface area contributed by atoms with Gasteiger partial charge in [0.2, 0.25) is 0 Å². The topological polar surface area (TPSA) is 93.2 Å². The van der Waals surface area contributed by atoms with Crippen molar-refractivity contribution in [3.8, 4) is 0 Å². The Kier molecular flexibility index (Phi) is 8.77. The van der Waals surface area contributed by atoms with Crippen molar-refractivity contribution in [3.63, 3.8) is 0 Å². The number of hydroxylamine groups is 4. The largest absolute Gasteiger partial charge is 0.272 e. The van der Waals surface area contributed by atoms with Gasteiger partial charge < -0.3 is 0 Å². The molecule has 1 unspecified atom stereocenters. The maximum atomic E-state index is 11.2. The van der Waals surface area contributed by atoms with E-state index in [-0.39, 0.29) is 68.4 Å². The van der Waals surface area contributed by atoms with E-state index in [2.05, 4.69) is 0 Å². The summed E-state index contributed by atoms with van der Waals surface area (Å²) in [4.78, 5) is 54.2. The van der Waals surface area contributed by atoms with Crippen molar-refractivity contribution in [1.29, 1.82) is 0 Å². The van der Waals surface area contributed by atoms with Crippen LogP contribution in [0, 0.1) is 5.92 Å². The first-order valence-electron chi connectivity index (χ1n) is 7.69. The number of hydrogen-bond donors (Lipinski definition) is 0. The summed E-state index contributed by atoms with van der Waals surface area (Å²) < 4.78 is 0. The number of carbonyl (C=O) groups is 4. The summed E-state index contributed by atoms with van der Waals surface area (Å²) in [5.74, 6) is -1.15.